The van der Waals surface area contributed by atoms with Crippen molar-refractivity contribution in [1.82, 2.24) is 0 Å². The number of aryl methyl sites for hydroxylation is 2. The minimum absolute atomic E-state index is 0. The first-order valence-corrected chi connectivity index (χ1v) is 14.7. The Morgan fingerprint density at radius 3 is 2.23 bits per heavy atom. The molecular weight excluding hydrogens is 486 g/mol. The van der Waals surface area contributed by atoms with Crippen LogP contribution in [0.25, 0.3) is 11.1 Å². The van der Waals surface area contributed by atoms with Crippen molar-refractivity contribution >= 4 is 6.48 Å². The first-order chi connectivity index (χ1) is 13.7. The molecule has 0 N–H and O–H groups in total. The Morgan fingerprint density at radius 2 is 1.53 bits per heavy atom. The summed E-state index contributed by atoms with van der Waals surface area (Å²) in [4.78, 5) is 0. The van der Waals surface area contributed by atoms with Gasteiger partial charge in [-0.25, -0.2) is 0 Å². The third kappa shape index (κ3) is 4.55. The van der Waals surface area contributed by atoms with Gasteiger partial charge in [-0.05, 0) is 0 Å². The average molecular weight is 517 g/mol. The molecule has 2 aromatic rings. The molecule has 0 amide bonds. The molecule has 5 rings (SSSR count). The summed E-state index contributed by atoms with van der Waals surface area (Å²) < 4.78 is 5.62. The molecule has 0 nitrogen and oxygen atoms in total. The van der Waals surface area contributed by atoms with Crippen molar-refractivity contribution in [3.63, 3.8) is 0 Å². The Morgan fingerprint density at radius 1 is 0.800 bits per heavy atom. The number of benzene rings is 2. The summed E-state index contributed by atoms with van der Waals surface area (Å²) in [6, 6.07) is 12.2. The van der Waals surface area contributed by atoms with Crippen molar-refractivity contribution in [2.45, 2.75) is 65.2 Å². The van der Waals surface area contributed by atoms with Gasteiger partial charge >= 0.3 is 178 Å². The molecule has 1 fully saturated rings. The smallest absolute Gasteiger partial charge is 1.00 e. The van der Waals surface area contributed by atoms with E-state index in [1.54, 1.807) is 20.0 Å². The standard InChI is InChI=1S/C15H13.C7H12.C5H5.2ClH.Zr/c1-10-3-5-12-9-13-6-4-11(2)8-15(13)14(12)7-10;1-2-4-6-7-5-3-1;1-2-4-5-3-1;;;/h3-5,7-8H,9H2,1-2H3;1-6H2;1-3H,4H2;2*1H;/q;;;;;+2/p-2. The van der Waals surface area contributed by atoms with Gasteiger partial charge in [-0.15, -0.1) is 0 Å². The summed E-state index contributed by atoms with van der Waals surface area (Å²) in [5.74, 6) is 0. The van der Waals surface area contributed by atoms with Crippen LogP contribution in [0.1, 0.15) is 67.2 Å². The normalized spacial score (nSPS) is 16.4. The summed E-state index contributed by atoms with van der Waals surface area (Å²) in [6.45, 7) is 4.55. The summed E-state index contributed by atoms with van der Waals surface area (Å²) in [6.07, 6.45) is 18.1. The molecular formula is C27H30Cl2Zr. The number of rotatable bonds is 2. The Balaban J connectivity index is 0.00000128. The van der Waals surface area contributed by atoms with E-state index in [9.17, 15) is 0 Å². The average Bonchev–Trinajstić information content (AvgIpc) is 3.24. The monoisotopic (exact) mass is 514 g/mol. The van der Waals surface area contributed by atoms with Crippen LogP contribution in [0.15, 0.2) is 51.8 Å². The summed E-state index contributed by atoms with van der Waals surface area (Å²) in [7, 11) is 0. The van der Waals surface area contributed by atoms with Gasteiger partial charge in [-0.1, -0.05) is 0 Å². The predicted octanol–water partition coefficient (Wildman–Crippen LogP) is 0.497. The maximum absolute atomic E-state index is 2.60. The fraction of sp³-hybridized carbons (Fsp3) is 0.370. The van der Waals surface area contributed by atoms with E-state index in [-0.39, 0.29) is 24.8 Å². The molecule has 3 aliphatic carbocycles. The van der Waals surface area contributed by atoms with Crippen LogP contribution in [0, 0.1) is 13.8 Å². The molecule has 0 bridgehead atoms. The Hall–Kier alpha value is -0.747. The van der Waals surface area contributed by atoms with Crippen molar-refractivity contribution < 1.29 is 46.1 Å². The number of hydrogen-bond acceptors (Lipinski definition) is 0. The molecule has 0 heterocycles. The molecule has 3 aliphatic rings. The van der Waals surface area contributed by atoms with Gasteiger partial charge in [0.1, 0.15) is 0 Å². The van der Waals surface area contributed by atoms with Crippen LogP contribution in [0.5, 0.6) is 0 Å². The molecule has 0 atom stereocenters. The SMILES string of the molecule is Cc1ccc2c(c1)-c1cc(C)c[c]([Zr+2]([C]3=CC=CC3)=[C]3CCCCCC3)c1C2.[Cl-].[Cl-]. The van der Waals surface area contributed by atoms with E-state index in [1.807, 2.05) is 6.49 Å². The van der Waals surface area contributed by atoms with Crippen LogP contribution >= 0.6 is 0 Å². The first-order valence-electron chi connectivity index (χ1n) is 11.0. The van der Waals surface area contributed by atoms with Gasteiger partial charge in [-0.2, -0.15) is 0 Å². The van der Waals surface area contributed by atoms with Crippen molar-refractivity contribution in [3.05, 3.63) is 74.1 Å². The quantitative estimate of drug-likeness (QED) is 0.436. The summed E-state index contributed by atoms with van der Waals surface area (Å²) >= 11 is -2.00. The van der Waals surface area contributed by atoms with E-state index < -0.39 is 21.3 Å². The van der Waals surface area contributed by atoms with E-state index >= 15 is 0 Å². The molecule has 2 aromatic carbocycles. The molecule has 0 unspecified atom stereocenters. The van der Waals surface area contributed by atoms with Crippen LogP contribution in [0.2, 0.25) is 0 Å². The molecule has 30 heavy (non-hydrogen) atoms. The molecule has 1 saturated carbocycles. The Kier molecular flexibility index (Phi) is 8.17. The second-order valence-electron chi connectivity index (χ2n) is 8.89. The van der Waals surface area contributed by atoms with Crippen molar-refractivity contribution in [2.75, 3.05) is 0 Å². The first kappa shape index (κ1) is 23.9. The van der Waals surface area contributed by atoms with Crippen molar-refractivity contribution in [1.29, 1.82) is 0 Å². The third-order valence-electron chi connectivity index (χ3n) is 6.74. The van der Waals surface area contributed by atoms with E-state index in [0.717, 1.165) is 6.42 Å². The maximum atomic E-state index is 2.60. The number of halogens is 2. The maximum Gasteiger partial charge on any atom is -1.00 e. The summed E-state index contributed by atoms with van der Waals surface area (Å²) in [5, 5.41) is 0. The van der Waals surface area contributed by atoms with E-state index in [1.165, 1.54) is 61.6 Å². The molecule has 0 spiro atoms. The van der Waals surface area contributed by atoms with Crippen LogP contribution in [-0.2, 0) is 27.7 Å². The van der Waals surface area contributed by atoms with Crippen LogP contribution in [-0.4, -0.2) is 3.21 Å². The van der Waals surface area contributed by atoms with Crippen LogP contribution < -0.4 is 28.1 Å². The second kappa shape index (κ2) is 10.2. The zero-order valence-electron chi connectivity index (χ0n) is 18.0. The Bertz CT molecular complexity index is 1030. The van der Waals surface area contributed by atoms with Gasteiger partial charge in [-0.3, -0.25) is 0 Å². The third-order valence-corrected chi connectivity index (χ3v) is 14.6. The van der Waals surface area contributed by atoms with Crippen LogP contribution in [0.3, 0.4) is 0 Å². The van der Waals surface area contributed by atoms with Gasteiger partial charge < -0.3 is 24.8 Å². The number of hydrogen-bond donors (Lipinski definition) is 0. The van der Waals surface area contributed by atoms with E-state index in [0.29, 0.717) is 0 Å². The zero-order valence-corrected chi connectivity index (χ0v) is 22.0. The van der Waals surface area contributed by atoms with E-state index in [2.05, 4.69) is 62.4 Å². The number of allylic oxidation sites excluding steroid dienone is 4. The minimum atomic E-state index is -2.00. The molecule has 0 radical (unpaired) electrons. The zero-order chi connectivity index (χ0) is 19.1. The fourth-order valence-corrected chi connectivity index (χ4v) is 14.0. The van der Waals surface area contributed by atoms with Gasteiger partial charge in [0.2, 0.25) is 0 Å². The number of fused-ring (bicyclic) bond motifs is 3. The largest absolute Gasteiger partial charge is 1.00 e. The van der Waals surface area contributed by atoms with Gasteiger partial charge in [0.15, 0.2) is 0 Å². The summed E-state index contributed by atoms with van der Waals surface area (Å²) in [5.41, 5.74) is 9.13. The molecule has 0 aliphatic heterocycles. The molecule has 0 aromatic heterocycles. The van der Waals surface area contributed by atoms with Crippen molar-refractivity contribution in [2.24, 2.45) is 0 Å². The van der Waals surface area contributed by atoms with Gasteiger partial charge in [0.25, 0.3) is 0 Å². The molecule has 156 valence electrons. The van der Waals surface area contributed by atoms with Crippen molar-refractivity contribution in [3.8, 4) is 11.1 Å². The Labute approximate surface area is 201 Å². The topological polar surface area (TPSA) is 0 Å². The molecule has 0 saturated heterocycles. The predicted molar refractivity (Wildman–Crippen MR) is 118 cm³/mol. The fourth-order valence-electron chi connectivity index (χ4n) is 5.38. The van der Waals surface area contributed by atoms with Crippen LogP contribution in [0.4, 0.5) is 0 Å². The second-order valence-corrected chi connectivity index (χ2v) is 15.4. The van der Waals surface area contributed by atoms with Gasteiger partial charge in [0.05, 0.1) is 0 Å². The minimum Gasteiger partial charge on any atom is -1.00 e. The van der Waals surface area contributed by atoms with E-state index in [4.69, 9.17) is 0 Å². The molecule has 3 heteroatoms. The van der Waals surface area contributed by atoms with Gasteiger partial charge in [0, 0.05) is 0 Å².